The molecule has 0 aliphatic carbocycles. The van der Waals surface area contributed by atoms with Crippen molar-refractivity contribution < 1.29 is 9.59 Å². The number of carbonyl (C=O) groups is 2. The molecular formula is C38H32N4O2S2. The smallest absolute Gasteiger partial charge is 0.268 e. The number of benzene rings is 4. The van der Waals surface area contributed by atoms with E-state index in [2.05, 4.69) is 0 Å². The Morgan fingerprint density at radius 2 is 0.761 bits per heavy atom. The number of fused-ring (bicyclic) bond motifs is 2. The predicted molar refractivity (Wildman–Crippen MR) is 187 cm³/mol. The Morgan fingerprint density at radius 1 is 0.435 bits per heavy atom. The minimum atomic E-state index is -0.795. The van der Waals surface area contributed by atoms with E-state index in [1.54, 1.807) is 33.3 Å². The minimum absolute atomic E-state index is 0.0729. The van der Waals surface area contributed by atoms with Crippen LogP contribution in [-0.4, -0.2) is 35.0 Å². The molecule has 0 saturated heterocycles. The highest BCUT2D eigenvalue weighted by Gasteiger charge is 2.53. The van der Waals surface area contributed by atoms with E-state index in [4.69, 9.17) is 0 Å². The predicted octanol–water partition coefficient (Wildman–Crippen LogP) is 7.92. The molecule has 0 unspecified atom stereocenters. The summed E-state index contributed by atoms with van der Waals surface area (Å²) in [5.74, 6) is 0.146. The molecule has 2 atom stereocenters. The van der Waals surface area contributed by atoms with Gasteiger partial charge in [0.25, 0.3) is 11.8 Å². The molecule has 8 heteroatoms. The van der Waals surface area contributed by atoms with Gasteiger partial charge in [-0.05, 0) is 60.7 Å². The molecule has 0 fully saturated rings. The Balaban J connectivity index is 0.000000147. The van der Waals surface area contributed by atoms with Crippen LogP contribution in [0.3, 0.4) is 0 Å². The lowest BCUT2D eigenvalue weighted by Gasteiger charge is -2.29. The van der Waals surface area contributed by atoms with Crippen molar-refractivity contribution in [3.8, 4) is 0 Å². The molecule has 228 valence electrons. The molecule has 0 saturated carbocycles. The molecule has 6 aromatic rings. The van der Waals surface area contributed by atoms with Crippen molar-refractivity contribution in [2.24, 2.45) is 0 Å². The van der Waals surface area contributed by atoms with E-state index >= 15 is 0 Å². The number of para-hydroxylation sites is 2. The Labute approximate surface area is 277 Å². The van der Waals surface area contributed by atoms with Gasteiger partial charge in [0, 0.05) is 59.8 Å². The van der Waals surface area contributed by atoms with E-state index in [-0.39, 0.29) is 11.8 Å². The second-order valence-electron chi connectivity index (χ2n) is 11.1. The van der Waals surface area contributed by atoms with Crippen LogP contribution in [0.25, 0.3) is 0 Å². The van der Waals surface area contributed by atoms with Gasteiger partial charge in [-0.15, -0.1) is 0 Å². The van der Waals surface area contributed by atoms with Gasteiger partial charge in [-0.3, -0.25) is 9.59 Å². The number of likely N-dealkylation sites (N-methyl/N-ethyl adjacent to an activating group) is 2. The maximum atomic E-state index is 13.3. The van der Waals surface area contributed by atoms with Crippen LogP contribution < -0.4 is 9.80 Å². The van der Waals surface area contributed by atoms with Crippen LogP contribution in [0.5, 0.6) is 0 Å². The van der Waals surface area contributed by atoms with E-state index < -0.39 is 9.74 Å². The summed E-state index contributed by atoms with van der Waals surface area (Å²) in [7, 11) is 3.69. The molecular weight excluding hydrogens is 609 g/mol. The first-order valence-corrected chi connectivity index (χ1v) is 16.6. The number of hydrogen-bond acceptors (Lipinski definition) is 4. The van der Waals surface area contributed by atoms with Gasteiger partial charge in [-0.2, -0.15) is 0 Å². The molecule has 2 amide bonds. The van der Waals surface area contributed by atoms with Crippen LogP contribution in [0.4, 0.5) is 11.4 Å². The highest BCUT2D eigenvalue weighted by atomic mass is 32.2. The van der Waals surface area contributed by atoms with E-state index in [0.29, 0.717) is 0 Å². The molecule has 8 rings (SSSR count). The summed E-state index contributed by atoms with van der Waals surface area (Å²) < 4.78 is 4.02. The molecule has 4 heterocycles. The van der Waals surface area contributed by atoms with Gasteiger partial charge in [0.2, 0.25) is 9.74 Å². The van der Waals surface area contributed by atoms with Crippen LogP contribution in [-0.2, 0) is 19.3 Å². The van der Waals surface area contributed by atoms with Gasteiger partial charge in [0.15, 0.2) is 0 Å². The van der Waals surface area contributed by atoms with Crippen molar-refractivity contribution in [1.29, 1.82) is 0 Å². The van der Waals surface area contributed by atoms with Crippen molar-refractivity contribution >= 4 is 46.7 Å². The Kier molecular flexibility index (Phi) is 7.84. The second kappa shape index (κ2) is 12.1. The zero-order chi connectivity index (χ0) is 31.7. The Bertz CT molecular complexity index is 1830. The van der Waals surface area contributed by atoms with Crippen molar-refractivity contribution in [2.45, 2.75) is 19.5 Å². The van der Waals surface area contributed by atoms with Gasteiger partial charge < -0.3 is 18.9 Å². The Morgan fingerprint density at radius 3 is 1.13 bits per heavy atom. The molecule has 4 aromatic carbocycles. The first-order chi connectivity index (χ1) is 22.5. The average Bonchev–Trinajstić information content (AvgIpc) is 3.91. The summed E-state index contributed by atoms with van der Waals surface area (Å²) in [5.41, 5.74) is 3.99. The fraction of sp³-hybridized carbons (Fsp3) is 0.105. The maximum absolute atomic E-state index is 13.3. The normalized spacial score (nSPS) is 19.9. The zero-order valence-corrected chi connectivity index (χ0v) is 27.1. The van der Waals surface area contributed by atoms with Gasteiger partial charge in [0.1, 0.15) is 0 Å². The number of nitrogens with zero attached hydrogens (tertiary/aromatic N) is 4. The first kappa shape index (κ1) is 29.8. The quantitative estimate of drug-likeness (QED) is 0.186. The fourth-order valence-corrected chi connectivity index (χ4v) is 8.95. The van der Waals surface area contributed by atoms with Gasteiger partial charge in [-0.1, -0.05) is 96.3 Å². The molecule has 2 aliphatic rings. The van der Waals surface area contributed by atoms with Gasteiger partial charge in [-0.25, -0.2) is 0 Å². The van der Waals surface area contributed by atoms with Crippen molar-refractivity contribution in [1.82, 2.24) is 9.13 Å². The number of carbonyl (C=O) groups excluding carboxylic acids is 2. The minimum Gasteiger partial charge on any atom is -0.327 e. The van der Waals surface area contributed by atoms with E-state index in [1.807, 2.05) is 181 Å². The third kappa shape index (κ3) is 4.76. The summed E-state index contributed by atoms with van der Waals surface area (Å²) in [6.07, 6.45) is 7.85. The number of anilines is 2. The third-order valence-electron chi connectivity index (χ3n) is 8.40. The van der Waals surface area contributed by atoms with Crippen molar-refractivity contribution in [2.75, 3.05) is 23.9 Å². The molecule has 0 bridgehead atoms. The lowest BCUT2D eigenvalue weighted by atomic mass is 10.1. The molecule has 6 nitrogen and oxygen atoms in total. The molecule has 2 aliphatic heterocycles. The molecule has 0 radical (unpaired) electrons. The number of aromatic nitrogens is 2. The van der Waals surface area contributed by atoms with Crippen LogP contribution in [0.1, 0.15) is 11.1 Å². The summed E-state index contributed by atoms with van der Waals surface area (Å²) >= 11 is 3.17. The number of rotatable bonds is 6. The Hall–Kier alpha value is -4.92. The van der Waals surface area contributed by atoms with Gasteiger partial charge >= 0.3 is 0 Å². The summed E-state index contributed by atoms with van der Waals surface area (Å²) in [5, 5.41) is 0. The van der Waals surface area contributed by atoms with E-state index in [1.165, 1.54) is 0 Å². The topological polar surface area (TPSA) is 50.5 Å². The number of amides is 2. The highest BCUT2D eigenvalue weighted by Crippen LogP contribution is 2.53. The molecule has 0 N–H and O–H groups in total. The number of hydrogen-bond donors (Lipinski definition) is 0. The lowest BCUT2D eigenvalue weighted by molar-refractivity contribution is -0.121. The summed E-state index contributed by atoms with van der Waals surface area (Å²) in [4.78, 5) is 30.6. The SMILES string of the molecule is CN1C(=O)[C@@](Sc2ccccc2)(n2cccc2)c2ccccc21.CN1C(=O)[C@@](Sc2ccccc2)(n2cccc2)c2ccccc21. The van der Waals surface area contributed by atoms with Crippen LogP contribution in [0.15, 0.2) is 168 Å². The number of thioether (sulfide) groups is 2. The zero-order valence-electron chi connectivity index (χ0n) is 25.4. The van der Waals surface area contributed by atoms with Gasteiger partial charge in [0.05, 0.1) is 11.4 Å². The summed E-state index contributed by atoms with van der Waals surface area (Å²) in [6.45, 7) is 0. The third-order valence-corrected chi connectivity index (χ3v) is 11.2. The lowest BCUT2D eigenvalue weighted by Crippen LogP contribution is -2.41. The second-order valence-corrected chi connectivity index (χ2v) is 13.6. The fourth-order valence-electron chi connectivity index (χ4n) is 6.22. The van der Waals surface area contributed by atoms with Crippen molar-refractivity contribution in [3.63, 3.8) is 0 Å². The standard InChI is InChI=1S/2C19H16N2OS/c2*1-20-17-12-6-5-11-16(17)19(18(20)22,21-13-7-8-14-21)23-15-9-3-2-4-10-15/h2*2-14H,1H3/t2*19-/m11/s1. The first-order valence-electron chi connectivity index (χ1n) is 15.0. The molecule has 0 spiro atoms. The molecule has 2 aromatic heterocycles. The largest absolute Gasteiger partial charge is 0.327 e. The highest BCUT2D eigenvalue weighted by molar-refractivity contribution is 8.01. The van der Waals surface area contributed by atoms with E-state index in [9.17, 15) is 9.59 Å². The monoisotopic (exact) mass is 640 g/mol. The van der Waals surface area contributed by atoms with E-state index in [0.717, 1.165) is 32.3 Å². The van der Waals surface area contributed by atoms with Crippen LogP contribution in [0, 0.1) is 0 Å². The molecule has 46 heavy (non-hydrogen) atoms. The maximum Gasteiger partial charge on any atom is 0.268 e. The average molecular weight is 641 g/mol. The van der Waals surface area contributed by atoms with Crippen LogP contribution >= 0.6 is 23.5 Å². The van der Waals surface area contributed by atoms with Crippen molar-refractivity contribution in [3.05, 3.63) is 169 Å². The summed E-state index contributed by atoms with van der Waals surface area (Å²) in [6, 6.07) is 44.0. The van der Waals surface area contributed by atoms with Crippen LogP contribution in [0.2, 0.25) is 0 Å².